The van der Waals surface area contributed by atoms with E-state index in [0.29, 0.717) is 11.4 Å². The van der Waals surface area contributed by atoms with Crippen molar-refractivity contribution >= 4 is 33.2 Å². The Kier molecular flexibility index (Phi) is 6.34. The van der Waals surface area contributed by atoms with E-state index in [-0.39, 0.29) is 22.9 Å². The van der Waals surface area contributed by atoms with E-state index in [2.05, 4.69) is 21.3 Å². The van der Waals surface area contributed by atoms with Crippen LogP contribution in [0.25, 0.3) is 0 Å². The van der Waals surface area contributed by atoms with Gasteiger partial charge in [-0.05, 0) is 48.9 Å². The lowest BCUT2D eigenvalue weighted by atomic mass is 10.1. The average Bonchev–Trinajstić information content (AvgIpc) is 2.62. The van der Waals surface area contributed by atoms with Crippen LogP contribution in [-0.4, -0.2) is 26.8 Å². The molecule has 7 nitrogen and oxygen atoms in total. The predicted molar refractivity (Wildman–Crippen MR) is 104 cm³/mol. The summed E-state index contributed by atoms with van der Waals surface area (Å²) in [6.07, 6.45) is 5.05. The molecule has 0 aliphatic carbocycles. The molecule has 0 aliphatic heterocycles. The van der Waals surface area contributed by atoms with Crippen molar-refractivity contribution in [3.8, 4) is 12.3 Å². The van der Waals surface area contributed by atoms with Crippen LogP contribution in [0.2, 0.25) is 0 Å². The van der Waals surface area contributed by atoms with Crippen LogP contribution in [0.1, 0.15) is 22.8 Å². The molecule has 0 heterocycles. The lowest BCUT2D eigenvalue weighted by Gasteiger charge is -2.11. The highest BCUT2D eigenvalue weighted by Crippen LogP contribution is 2.21. The molecule has 0 spiro atoms. The van der Waals surface area contributed by atoms with Gasteiger partial charge in [-0.1, -0.05) is 12.0 Å². The zero-order valence-electron chi connectivity index (χ0n) is 14.9. The van der Waals surface area contributed by atoms with Gasteiger partial charge in [0.25, 0.3) is 5.91 Å². The topological polar surface area (TPSA) is 104 Å². The Labute approximate surface area is 158 Å². The molecule has 2 rings (SSSR count). The third-order valence-corrected chi connectivity index (χ3v) is 5.01. The number of aryl methyl sites for hydroxylation is 1. The largest absolute Gasteiger partial charge is 0.326 e. The van der Waals surface area contributed by atoms with E-state index in [1.165, 1.54) is 31.2 Å². The third kappa shape index (κ3) is 5.41. The molecule has 140 valence electrons. The van der Waals surface area contributed by atoms with Crippen molar-refractivity contribution in [3.63, 3.8) is 0 Å². The number of carbonyl (C=O) groups excluding carboxylic acids is 2. The molecule has 0 aliphatic rings. The predicted octanol–water partition coefficient (Wildman–Crippen LogP) is 2.12. The number of hydrogen-bond donors (Lipinski definition) is 3. The number of rotatable bonds is 6. The van der Waals surface area contributed by atoms with Crippen LogP contribution in [0.5, 0.6) is 0 Å². The normalized spacial score (nSPS) is 10.7. The van der Waals surface area contributed by atoms with Gasteiger partial charge in [-0.3, -0.25) is 9.59 Å². The van der Waals surface area contributed by atoms with Gasteiger partial charge < -0.3 is 10.6 Å². The lowest BCUT2D eigenvalue weighted by molar-refractivity contribution is -0.114. The van der Waals surface area contributed by atoms with Crippen LogP contribution in [-0.2, 0) is 14.8 Å². The van der Waals surface area contributed by atoms with Crippen LogP contribution in [0.15, 0.2) is 47.4 Å². The van der Waals surface area contributed by atoms with Crippen molar-refractivity contribution in [2.45, 2.75) is 18.7 Å². The maximum atomic E-state index is 12.4. The average molecular weight is 385 g/mol. The van der Waals surface area contributed by atoms with Crippen molar-refractivity contribution in [3.05, 3.63) is 53.6 Å². The molecule has 2 amide bonds. The zero-order chi connectivity index (χ0) is 20.0. The van der Waals surface area contributed by atoms with Gasteiger partial charge in [0.05, 0.1) is 11.4 Å². The summed E-state index contributed by atoms with van der Waals surface area (Å²) < 4.78 is 26.2. The van der Waals surface area contributed by atoms with Crippen molar-refractivity contribution in [2.75, 3.05) is 17.2 Å². The Morgan fingerprint density at radius 1 is 1.07 bits per heavy atom. The molecule has 27 heavy (non-hydrogen) atoms. The van der Waals surface area contributed by atoms with Crippen LogP contribution in [0, 0.1) is 19.3 Å². The van der Waals surface area contributed by atoms with E-state index in [1.54, 1.807) is 18.2 Å². The van der Waals surface area contributed by atoms with Gasteiger partial charge in [-0.15, -0.1) is 6.42 Å². The van der Waals surface area contributed by atoms with E-state index >= 15 is 0 Å². The first kappa shape index (κ1) is 20.2. The maximum Gasteiger partial charge on any atom is 0.255 e. The summed E-state index contributed by atoms with van der Waals surface area (Å²) in [5.41, 5.74) is 2.20. The highest BCUT2D eigenvalue weighted by atomic mass is 32.2. The molecular formula is C19H19N3O4S. The summed E-state index contributed by atoms with van der Waals surface area (Å²) in [6, 6.07) is 10.6. The first-order valence-corrected chi connectivity index (χ1v) is 9.44. The molecule has 2 aromatic rings. The van der Waals surface area contributed by atoms with E-state index in [0.717, 1.165) is 5.56 Å². The Balaban J connectivity index is 2.17. The lowest BCUT2D eigenvalue weighted by Crippen LogP contribution is -2.24. The van der Waals surface area contributed by atoms with Gasteiger partial charge in [-0.25, -0.2) is 8.42 Å². The highest BCUT2D eigenvalue weighted by Gasteiger charge is 2.14. The molecule has 0 radical (unpaired) electrons. The quantitative estimate of drug-likeness (QED) is 0.663. The molecule has 0 fully saturated rings. The van der Waals surface area contributed by atoms with Gasteiger partial charge >= 0.3 is 0 Å². The monoisotopic (exact) mass is 385 g/mol. The summed E-state index contributed by atoms with van der Waals surface area (Å²) in [6.45, 7) is 3.10. The fourth-order valence-electron chi connectivity index (χ4n) is 2.24. The number of anilines is 2. The second-order valence-electron chi connectivity index (χ2n) is 5.72. The van der Waals surface area contributed by atoms with Crippen LogP contribution >= 0.6 is 0 Å². The molecule has 0 atom stereocenters. The molecule has 0 saturated heterocycles. The number of benzene rings is 2. The Morgan fingerprint density at radius 2 is 1.74 bits per heavy atom. The van der Waals surface area contributed by atoms with Crippen LogP contribution < -0.4 is 15.4 Å². The van der Waals surface area contributed by atoms with Gasteiger partial charge in [0.2, 0.25) is 15.9 Å². The standard InChI is InChI=1S/C19H19N3O4S/c1-4-11-20-27(25,26)17-9-6-15(7-10-17)19(24)22-18-12-16(21-14(3)23)8-5-13(18)2/h1,5-10,12,20H,11H2,2-3H3,(H,21,23)(H,22,24). The fraction of sp³-hybridized carbons (Fsp3) is 0.158. The van der Waals surface area contributed by atoms with Crippen LogP contribution in [0.3, 0.4) is 0 Å². The van der Waals surface area contributed by atoms with Gasteiger partial charge in [0.1, 0.15) is 0 Å². The first-order chi connectivity index (χ1) is 12.7. The van der Waals surface area contributed by atoms with E-state index < -0.39 is 15.9 Å². The van der Waals surface area contributed by atoms with Crippen molar-refractivity contribution in [2.24, 2.45) is 0 Å². The minimum atomic E-state index is -3.71. The maximum absolute atomic E-state index is 12.4. The number of amides is 2. The smallest absolute Gasteiger partial charge is 0.255 e. The number of hydrogen-bond acceptors (Lipinski definition) is 4. The Morgan fingerprint density at radius 3 is 2.33 bits per heavy atom. The SMILES string of the molecule is C#CCNS(=O)(=O)c1ccc(C(=O)Nc2cc(NC(C)=O)ccc2C)cc1. The molecule has 0 saturated carbocycles. The van der Waals surface area contributed by atoms with E-state index in [4.69, 9.17) is 6.42 Å². The summed E-state index contributed by atoms with van der Waals surface area (Å²) >= 11 is 0. The molecular weight excluding hydrogens is 366 g/mol. The molecule has 0 unspecified atom stereocenters. The second kappa shape index (κ2) is 8.49. The number of terminal acetylenes is 1. The van der Waals surface area contributed by atoms with E-state index in [1.807, 2.05) is 6.92 Å². The minimum Gasteiger partial charge on any atom is -0.326 e. The van der Waals surface area contributed by atoms with Gasteiger partial charge in [0, 0.05) is 23.9 Å². The highest BCUT2D eigenvalue weighted by molar-refractivity contribution is 7.89. The summed E-state index contributed by atoms with van der Waals surface area (Å²) in [5, 5.41) is 5.40. The van der Waals surface area contributed by atoms with Gasteiger partial charge in [-0.2, -0.15) is 4.72 Å². The zero-order valence-corrected chi connectivity index (χ0v) is 15.7. The number of nitrogens with one attached hydrogen (secondary N) is 3. The van der Waals surface area contributed by atoms with Crippen molar-refractivity contribution in [1.82, 2.24) is 4.72 Å². The summed E-state index contributed by atoms with van der Waals surface area (Å²) in [7, 11) is -3.71. The summed E-state index contributed by atoms with van der Waals surface area (Å²) in [4.78, 5) is 23.6. The molecule has 3 N–H and O–H groups in total. The molecule has 8 heteroatoms. The van der Waals surface area contributed by atoms with Crippen molar-refractivity contribution < 1.29 is 18.0 Å². The van der Waals surface area contributed by atoms with E-state index in [9.17, 15) is 18.0 Å². The number of sulfonamides is 1. The van der Waals surface area contributed by atoms with Gasteiger partial charge in [0.15, 0.2) is 0 Å². The first-order valence-electron chi connectivity index (χ1n) is 7.96. The third-order valence-electron chi connectivity index (χ3n) is 3.60. The summed E-state index contributed by atoms with van der Waals surface area (Å²) in [5.74, 6) is 1.57. The fourth-order valence-corrected chi connectivity index (χ4v) is 3.17. The number of carbonyl (C=O) groups is 2. The molecule has 0 bridgehead atoms. The van der Waals surface area contributed by atoms with Crippen LogP contribution in [0.4, 0.5) is 11.4 Å². The molecule has 2 aromatic carbocycles. The Bertz CT molecular complexity index is 1010. The van der Waals surface area contributed by atoms with Crippen molar-refractivity contribution in [1.29, 1.82) is 0 Å². The Hall–Kier alpha value is -3.15. The minimum absolute atomic E-state index is 0.0122. The second-order valence-corrected chi connectivity index (χ2v) is 7.49. The molecule has 0 aromatic heterocycles.